The van der Waals surface area contributed by atoms with Gasteiger partial charge in [0.15, 0.2) is 0 Å². The van der Waals surface area contributed by atoms with E-state index in [9.17, 15) is 0 Å². The summed E-state index contributed by atoms with van der Waals surface area (Å²) in [5.74, 6) is 0.859. The second-order valence-corrected chi connectivity index (χ2v) is 6.77. The van der Waals surface area contributed by atoms with Gasteiger partial charge in [-0.2, -0.15) is 0 Å². The summed E-state index contributed by atoms with van der Waals surface area (Å²) < 4.78 is 7.67. The van der Waals surface area contributed by atoms with Gasteiger partial charge in [0.25, 0.3) is 0 Å². The van der Waals surface area contributed by atoms with Crippen molar-refractivity contribution in [3.05, 3.63) is 55.4 Å². The largest absolute Gasteiger partial charge is 0.492 e. The molecule has 0 fully saturated rings. The van der Waals surface area contributed by atoms with Gasteiger partial charge in [0.2, 0.25) is 0 Å². The van der Waals surface area contributed by atoms with Crippen LogP contribution < -0.4 is 10.1 Å². The summed E-state index contributed by atoms with van der Waals surface area (Å²) in [4.78, 5) is 0. The molecule has 0 unspecified atom stereocenters. The van der Waals surface area contributed by atoms with Crippen LogP contribution in [-0.4, -0.2) is 6.61 Å². The zero-order valence-corrected chi connectivity index (χ0v) is 15.8. The first-order chi connectivity index (χ1) is 10.0. The van der Waals surface area contributed by atoms with E-state index < -0.39 is 0 Å². The highest BCUT2D eigenvalue weighted by atomic mass is 79.9. The number of anilines is 1. The normalized spacial score (nSPS) is 10.5. The third-order valence-corrected chi connectivity index (χ3v) is 4.41. The molecule has 5 heteroatoms. The van der Waals surface area contributed by atoms with Crippen molar-refractivity contribution < 1.29 is 4.74 Å². The molecule has 0 spiro atoms. The van der Waals surface area contributed by atoms with Gasteiger partial charge in [-0.25, -0.2) is 0 Å². The molecule has 0 saturated heterocycles. The molecule has 1 N–H and O–H groups in total. The number of rotatable bonds is 5. The Kier molecular flexibility index (Phi) is 5.97. The summed E-state index contributed by atoms with van der Waals surface area (Å²) in [6.45, 7) is 5.27. The van der Waals surface area contributed by atoms with Crippen LogP contribution in [0.2, 0.25) is 5.02 Å². The average molecular weight is 434 g/mol. The molecule has 0 bridgehead atoms. The maximum Gasteiger partial charge on any atom is 0.138 e. The van der Waals surface area contributed by atoms with Crippen LogP contribution in [0.4, 0.5) is 5.69 Å². The molecule has 0 heterocycles. The molecule has 0 aliphatic rings. The molecule has 112 valence electrons. The highest BCUT2D eigenvalue weighted by Gasteiger charge is 2.11. The van der Waals surface area contributed by atoms with Crippen molar-refractivity contribution in [1.82, 2.24) is 0 Å². The van der Waals surface area contributed by atoms with E-state index in [0.29, 0.717) is 13.2 Å². The monoisotopic (exact) mass is 431 g/mol. The van der Waals surface area contributed by atoms with Gasteiger partial charge in [0, 0.05) is 16.6 Å². The van der Waals surface area contributed by atoms with Crippen molar-refractivity contribution in [3.63, 3.8) is 0 Å². The number of para-hydroxylation sites is 1. The van der Waals surface area contributed by atoms with Gasteiger partial charge in [0.1, 0.15) is 5.75 Å². The van der Waals surface area contributed by atoms with Crippen molar-refractivity contribution in [3.8, 4) is 5.75 Å². The average Bonchev–Trinajstić information content (AvgIpc) is 2.42. The van der Waals surface area contributed by atoms with Crippen molar-refractivity contribution in [2.45, 2.75) is 20.4 Å². The molecule has 0 aliphatic heterocycles. The maximum atomic E-state index is 6.25. The summed E-state index contributed by atoms with van der Waals surface area (Å²) in [6, 6.07) is 9.90. The molecule has 0 atom stereocenters. The molecule has 0 aliphatic carbocycles. The zero-order chi connectivity index (χ0) is 15.4. The number of ether oxygens (including phenoxy) is 1. The van der Waals surface area contributed by atoms with Crippen LogP contribution in [-0.2, 0) is 6.54 Å². The lowest BCUT2D eigenvalue weighted by Crippen LogP contribution is -2.05. The van der Waals surface area contributed by atoms with E-state index in [0.717, 1.165) is 36.5 Å². The van der Waals surface area contributed by atoms with Crippen LogP contribution in [0.5, 0.6) is 5.75 Å². The molecule has 21 heavy (non-hydrogen) atoms. The number of nitrogens with one attached hydrogen (secondary N) is 1. The number of halogens is 3. The molecule has 0 amide bonds. The molecule has 2 aromatic carbocycles. The molecule has 2 aromatic rings. The maximum absolute atomic E-state index is 6.25. The summed E-state index contributed by atoms with van der Waals surface area (Å²) >= 11 is 13.3. The van der Waals surface area contributed by atoms with Gasteiger partial charge in [-0.15, -0.1) is 0 Å². The second-order valence-electron chi connectivity index (χ2n) is 4.59. The summed E-state index contributed by atoms with van der Waals surface area (Å²) in [5, 5.41) is 4.12. The highest BCUT2D eigenvalue weighted by Crippen LogP contribution is 2.34. The second kappa shape index (κ2) is 7.52. The number of benzene rings is 2. The van der Waals surface area contributed by atoms with Crippen LogP contribution in [0.25, 0.3) is 0 Å². The minimum Gasteiger partial charge on any atom is -0.492 e. The third kappa shape index (κ3) is 4.15. The van der Waals surface area contributed by atoms with Crippen molar-refractivity contribution in [1.29, 1.82) is 0 Å². The fourth-order valence-corrected chi connectivity index (χ4v) is 3.81. The first-order valence-electron chi connectivity index (χ1n) is 6.62. The Hall–Kier alpha value is -0.710. The Balaban J connectivity index is 2.27. The Morgan fingerprint density at radius 3 is 2.67 bits per heavy atom. The molecule has 0 aromatic heterocycles. The smallest absolute Gasteiger partial charge is 0.138 e. The van der Waals surface area contributed by atoms with Gasteiger partial charge in [-0.1, -0.05) is 39.7 Å². The van der Waals surface area contributed by atoms with Crippen molar-refractivity contribution in [2.75, 3.05) is 11.9 Å². The summed E-state index contributed by atoms with van der Waals surface area (Å²) in [7, 11) is 0. The van der Waals surface area contributed by atoms with E-state index in [1.165, 1.54) is 0 Å². The van der Waals surface area contributed by atoms with E-state index in [1.807, 2.05) is 38.1 Å². The fourth-order valence-electron chi connectivity index (χ4n) is 2.09. The first-order valence-corrected chi connectivity index (χ1v) is 8.59. The molecule has 0 saturated carbocycles. The fraction of sp³-hybridized carbons (Fsp3) is 0.250. The Labute approximate surface area is 147 Å². The predicted octanol–water partition coefficient (Wildman–Crippen LogP) is 6.18. The lowest BCUT2D eigenvalue weighted by molar-refractivity contribution is 0.334. The lowest BCUT2D eigenvalue weighted by Gasteiger charge is -2.16. The van der Waals surface area contributed by atoms with Crippen molar-refractivity contribution in [2.24, 2.45) is 0 Å². The summed E-state index contributed by atoms with van der Waals surface area (Å²) in [5.41, 5.74) is 3.14. The van der Waals surface area contributed by atoms with E-state index in [2.05, 4.69) is 43.2 Å². The molecular weight excluding hydrogens is 417 g/mol. The Morgan fingerprint density at radius 1 is 1.24 bits per heavy atom. The standard InChI is InChI=1S/C16H16Br2ClNO/c1-3-21-16-11(7-12(17)8-13(16)18)9-20-15-10(2)5-4-6-14(15)19/h4-8,20H,3,9H2,1-2H3. The quantitative estimate of drug-likeness (QED) is 0.608. The molecule has 2 rings (SSSR count). The van der Waals surface area contributed by atoms with Crippen LogP contribution in [0, 0.1) is 6.92 Å². The molecular formula is C16H16Br2ClNO. The van der Waals surface area contributed by atoms with E-state index >= 15 is 0 Å². The van der Waals surface area contributed by atoms with Gasteiger partial charge < -0.3 is 10.1 Å². The molecule has 2 nitrogen and oxygen atoms in total. The number of hydrogen-bond acceptors (Lipinski definition) is 2. The zero-order valence-electron chi connectivity index (χ0n) is 11.8. The van der Waals surface area contributed by atoms with Gasteiger partial charge >= 0.3 is 0 Å². The van der Waals surface area contributed by atoms with Crippen LogP contribution in [0.1, 0.15) is 18.1 Å². The van der Waals surface area contributed by atoms with Crippen LogP contribution in [0.3, 0.4) is 0 Å². The predicted molar refractivity (Wildman–Crippen MR) is 96.5 cm³/mol. The Bertz CT molecular complexity index is 626. The van der Waals surface area contributed by atoms with E-state index in [1.54, 1.807) is 0 Å². The molecule has 0 radical (unpaired) electrons. The van der Waals surface area contributed by atoms with Crippen LogP contribution >= 0.6 is 43.5 Å². The van der Waals surface area contributed by atoms with Gasteiger partial charge in [0.05, 0.1) is 21.8 Å². The Morgan fingerprint density at radius 2 is 2.00 bits per heavy atom. The van der Waals surface area contributed by atoms with Gasteiger partial charge in [-0.05, 0) is 53.5 Å². The van der Waals surface area contributed by atoms with Crippen LogP contribution in [0.15, 0.2) is 39.3 Å². The number of hydrogen-bond donors (Lipinski definition) is 1. The van der Waals surface area contributed by atoms with E-state index in [-0.39, 0.29) is 0 Å². The number of aryl methyl sites for hydroxylation is 1. The highest BCUT2D eigenvalue weighted by molar-refractivity contribution is 9.11. The summed E-state index contributed by atoms with van der Waals surface area (Å²) in [6.07, 6.45) is 0. The topological polar surface area (TPSA) is 21.3 Å². The third-order valence-electron chi connectivity index (χ3n) is 3.05. The minimum atomic E-state index is 0.623. The van der Waals surface area contributed by atoms with E-state index in [4.69, 9.17) is 16.3 Å². The lowest BCUT2D eigenvalue weighted by atomic mass is 10.1. The first kappa shape index (κ1) is 16.7. The van der Waals surface area contributed by atoms with Crippen molar-refractivity contribution >= 4 is 49.1 Å². The minimum absolute atomic E-state index is 0.623. The SMILES string of the molecule is CCOc1c(Br)cc(Br)cc1CNc1c(C)cccc1Cl. The van der Waals surface area contributed by atoms with Gasteiger partial charge in [-0.3, -0.25) is 0 Å².